The molecule has 3 rings (SSSR count). The number of nitriles is 1. The van der Waals surface area contributed by atoms with E-state index >= 15 is 0 Å². The first-order valence-corrected chi connectivity index (χ1v) is 8.74. The van der Waals surface area contributed by atoms with Gasteiger partial charge in [-0.1, -0.05) is 42.5 Å². The van der Waals surface area contributed by atoms with Gasteiger partial charge in [-0.15, -0.1) is 0 Å². The van der Waals surface area contributed by atoms with Crippen molar-refractivity contribution < 1.29 is 9.90 Å². The molecular formula is C22H18N4O3. The highest BCUT2D eigenvalue weighted by Gasteiger charge is 2.21. The van der Waals surface area contributed by atoms with Gasteiger partial charge in [0.25, 0.3) is 5.56 Å². The molecule has 0 amide bonds. The Morgan fingerprint density at radius 3 is 2.31 bits per heavy atom. The number of nitrogens with zero attached hydrogens (tertiary/aromatic N) is 4. The Labute approximate surface area is 167 Å². The predicted molar refractivity (Wildman–Crippen MR) is 111 cm³/mol. The molecule has 0 bridgehead atoms. The Hall–Kier alpha value is -4.18. The number of para-hydroxylation sites is 1. The van der Waals surface area contributed by atoms with Gasteiger partial charge >= 0.3 is 5.97 Å². The second kappa shape index (κ2) is 8.23. The third-order valence-electron chi connectivity index (χ3n) is 4.30. The molecule has 3 aromatic rings. The minimum atomic E-state index is -1.33. The summed E-state index contributed by atoms with van der Waals surface area (Å²) in [4.78, 5) is 26.5. The highest BCUT2D eigenvalue weighted by Crippen LogP contribution is 2.18. The average Bonchev–Trinajstić information content (AvgIpc) is 2.72. The molecule has 1 aromatic heterocycles. The van der Waals surface area contributed by atoms with Crippen molar-refractivity contribution in [2.24, 2.45) is 0 Å². The summed E-state index contributed by atoms with van der Waals surface area (Å²) in [6.45, 7) is 0. The smallest absolute Gasteiger partial charge is 0.357 e. The van der Waals surface area contributed by atoms with Crippen molar-refractivity contribution in [2.75, 3.05) is 19.0 Å². The number of benzene rings is 2. The molecule has 0 radical (unpaired) electrons. The third kappa shape index (κ3) is 4.06. The molecule has 0 saturated carbocycles. The Balaban J connectivity index is 2.13. The Kier molecular flexibility index (Phi) is 5.56. The van der Waals surface area contributed by atoms with E-state index in [1.54, 1.807) is 36.4 Å². The Bertz CT molecular complexity index is 1170. The highest BCUT2D eigenvalue weighted by molar-refractivity contribution is 5.92. The summed E-state index contributed by atoms with van der Waals surface area (Å²) < 4.78 is 0.936. The number of aromatic carboxylic acids is 1. The summed E-state index contributed by atoms with van der Waals surface area (Å²) in [6, 6.07) is 17.8. The van der Waals surface area contributed by atoms with Crippen LogP contribution in [0.4, 0.5) is 5.69 Å². The number of carboxylic acid groups (broad SMARTS) is 1. The molecule has 0 atom stereocenters. The first-order valence-electron chi connectivity index (χ1n) is 8.74. The van der Waals surface area contributed by atoms with Crippen LogP contribution in [-0.2, 0) is 0 Å². The number of hydrogen-bond acceptors (Lipinski definition) is 5. The molecular weight excluding hydrogens is 368 g/mol. The Morgan fingerprint density at radius 1 is 1.10 bits per heavy atom. The van der Waals surface area contributed by atoms with Crippen LogP contribution >= 0.6 is 0 Å². The number of hydrogen-bond donors (Lipinski definition) is 1. The zero-order chi connectivity index (χ0) is 21.0. The first-order chi connectivity index (χ1) is 13.9. The lowest BCUT2D eigenvalue weighted by Crippen LogP contribution is -2.28. The summed E-state index contributed by atoms with van der Waals surface area (Å²) in [5.41, 5.74) is 0.848. The number of anilines is 1. The molecule has 144 valence electrons. The van der Waals surface area contributed by atoms with E-state index in [2.05, 4.69) is 5.10 Å². The van der Waals surface area contributed by atoms with Gasteiger partial charge in [0.15, 0.2) is 5.69 Å². The second-order valence-corrected chi connectivity index (χ2v) is 6.43. The van der Waals surface area contributed by atoms with E-state index in [1.165, 1.54) is 6.08 Å². The van der Waals surface area contributed by atoms with Crippen molar-refractivity contribution in [3.63, 3.8) is 0 Å². The van der Waals surface area contributed by atoms with Crippen LogP contribution in [0.15, 0.2) is 59.4 Å². The highest BCUT2D eigenvalue weighted by atomic mass is 16.4. The molecule has 29 heavy (non-hydrogen) atoms. The van der Waals surface area contributed by atoms with Crippen LogP contribution in [0.5, 0.6) is 0 Å². The summed E-state index contributed by atoms with van der Waals surface area (Å²) in [7, 11) is 3.85. The van der Waals surface area contributed by atoms with E-state index in [0.717, 1.165) is 15.9 Å². The van der Waals surface area contributed by atoms with E-state index in [4.69, 9.17) is 0 Å². The fraction of sp³-hybridized carbons (Fsp3) is 0.0909. The first kappa shape index (κ1) is 19.6. The molecule has 0 aliphatic rings. The van der Waals surface area contributed by atoms with E-state index in [0.29, 0.717) is 5.69 Å². The van der Waals surface area contributed by atoms with Crippen LogP contribution in [0.1, 0.15) is 27.2 Å². The van der Waals surface area contributed by atoms with Crippen LogP contribution in [0.3, 0.4) is 0 Å². The van der Waals surface area contributed by atoms with E-state index in [1.807, 2.05) is 49.3 Å². The summed E-state index contributed by atoms with van der Waals surface area (Å²) in [5, 5.41) is 23.2. The number of rotatable bonds is 5. The van der Waals surface area contributed by atoms with Gasteiger partial charge in [0.05, 0.1) is 5.69 Å². The lowest BCUT2D eigenvalue weighted by molar-refractivity contribution is 0.0688. The van der Waals surface area contributed by atoms with E-state index in [9.17, 15) is 20.0 Å². The van der Waals surface area contributed by atoms with Gasteiger partial charge in [-0.05, 0) is 29.8 Å². The maximum Gasteiger partial charge on any atom is 0.357 e. The molecule has 2 aromatic carbocycles. The zero-order valence-corrected chi connectivity index (χ0v) is 15.9. The van der Waals surface area contributed by atoms with Gasteiger partial charge in [-0.2, -0.15) is 15.0 Å². The van der Waals surface area contributed by atoms with Gasteiger partial charge in [0, 0.05) is 25.3 Å². The standard InChI is InChI=1S/C22H18N4O3/c1-25(2)16-11-8-15(9-12-16)10-13-18-19(14-23)21(27)26(24-20(18)22(28)29)17-6-4-3-5-7-17/h3-13H,1-2H3,(H,28,29)/b13-10-. The molecule has 0 aliphatic heterocycles. The quantitative estimate of drug-likeness (QED) is 0.724. The summed E-state index contributed by atoms with van der Waals surface area (Å²) >= 11 is 0. The van der Waals surface area contributed by atoms with Crippen LogP contribution in [0.2, 0.25) is 0 Å². The maximum atomic E-state index is 12.8. The number of aromatic nitrogens is 2. The van der Waals surface area contributed by atoms with Crippen molar-refractivity contribution >= 4 is 23.8 Å². The molecule has 0 aliphatic carbocycles. The normalized spacial score (nSPS) is 10.7. The minimum absolute atomic E-state index is 0.0196. The van der Waals surface area contributed by atoms with Gasteiger partial charge < -0.3 is 10.0 Å². The molecule has 0 fully saturated rings. The van der Waals surface area contributed by atoms with Gasteiger partial charge in [0.2, 0.25) is 0 Å². The molecule has 0 spiro atoms. The number of carboxylic acids is 1. The molecule has 0 saturated heterocycles. The van der Waals surface area contributed by atoms with Crippen LogP contribution in [-0.4, -0.2) is 35.0 Å². The molecule has 0 unspecified atom stereocenters. The summed E-state index contributed by atoms with van der Waals surface area (Å²) in [5.74, 6) is -1.33. The van der Waals surface area contributed by atoms with Gasteiger partial charge in [0.1, 0.15) is 11.6 Å². The van der Waals surface area contributed by atoms with E-state index < -0.39 is 11.5 Å². The summed E-state index contributed by atoms with van der Waals surface area (Å²) in [6.07, 6.45) is 3.09. The van der Waals surface area contributed by atoms with Crippen molar-refractivity contribution in [1.82, 2.24) is 9.78 Å². The average molecular weight is 386 g/mol. The molecule has 1 N–H and O–H groups in total. The van der Waals surface area contributed by atoms with Crippen LogP contribution in [0, 0.1) is 11.3 Å². The SMILES string of the molecule is CN(C)c1ccc(/C=C\c2c(C(=O)O)nn(-c3ccccc3)c(=O)c2C#N)cc1. The van der Waals surface area contributed by atoms with Gasteiger partial charge in [-0.25, -0.2) is 4.79 Å². The second-order valence-electron chi connectivity index (χ2n) is 6.43. The Morgan fingerprint density at radius 2 is 1.76 bits per heavy atom. The zero-order valence-electron chi connectivity index (χ0n) is 15.9. The minimum Gasteiger partial charge on any atom is -0.476 e. The van der Waals surface area contributed by atoms with Crippen molar-refractivity contribution in [3.05, 3.63) is 87.3 Å². The maximum absolute atomic E-state index is 12.8. The fourth-order valence-corrected chi connectivity index (χ4v) is 2.77. The lowest BCUT2D eigenvalue weighted by atomic mass is 10.1. The van der Waals surface area contributed by atoms with Crippen LogP contribution < -0.4 is 10.5 Å². The number of carbonyl (C=O) groups is 1. The van der Waals surface area contributed by atoms with E-state index in [-0.39, 0.29) is 16.8 Å². The van der Waals surface area contributed by atoms with Crippen molar-refractivity contribution in [2.45, 2.75) is 0 Å². The predicted octanol–water partition coefficient (Wildman–Crippen LogP) is 3.04. The fourth-order valence-electron chi connectivity index (χ4n) is 2.77. The largest absolute Gasteiger partial charge is 0.476 e. The van der Waals surface area contributed by atoms with Gasteiger partial charge in [-0.3, -0.25) is 4.79 Å². The monoisotopic (exact) mass is 386 g/mol. The lowest BCUT2D eigenvalue weighted by Gasteiger charge is -2.12. The topological polar surface area (TPSA) is 99.2 Å². The molecule has 7 heteroatoms. The van der Waals surface area contributed by atoms with Crippen LogP contribution in [0.25, 0.3) is 17.8 Å². The third-order valence-corrected chi connectivity index (χ3v) is 4.30. The van der Waals surface area contributed by atoms with Crippen molar-refractivity contribution in [3.8, 4) is 11.8 Å². The van der Waals surface area contributed by atoms with Crippen molar-refractivity contribution in [1.29, 1.82) is 5.26 Å². The molecule has 1 heterocycles. The molecule has 7 nitrogen and oxygen atoms in total.